The summed E-state index contributed by atoms with van der Waals surface area (Å²) in [5.41, 5.74) is 1.18. The van der Waals surface area contributed by atoms with E-state index in [-0.39, 0.29) is 11.9 Å². The Morgan fingerprint density at radius 3 is 2.58 bits per heavy atom. The van der Waals surface area contributed by atoms with Gasteiger partial charge in [0.15, 0.2) is 0 Å². The lowest BCUT2D eigenvalue weighted by molar-refractivity contribution is -0.131. The van der Waals surface area contributed by atoms with Gasteiger partial charge in [-0.2, -0.15) is 0 Å². The number of nitrogens with zero attached hydrogens (tertiary/aromatic N) is 1. The molecule has 0 bridgehead atoms. The third kappa shape index (κ3) is 5.74. The lowest BCUT2D eigenvalue weighted by atomic mass is 10.0. The van der Waals surface area contributed by atoms with Crippen LogP contribution in [0.1, 0.15) is 25.8 Å². The van der Waals surface area contributed by atoms with E-state index in [0.717, 1.165) is 10.9 Å². The minimum atomic E-state index is -0.117. The molecule has 0 saturated heterocycles. The Kier molecular flexibility index (Phi) is 6.52. The standard InChI is InChI=1S/C15H23BrN2O/c1-11(2)8-14(15(19)18(3)4)17-10-12-6-5-7-13(16)9-12/h5-7,9,11,14,17H,8,10H2,1-4H3. The van der Waals surface area contributed by atoms with E-state index in [0.29, 0.717) is 12.5 Å². The zero-order valence-electron chi connectivity index (χ0n) is 12.1. The minimum absolute atomic E-state index is 0.117. The Morgan fingerprint density at radius 1 is 1.37 bits per heavy atom. The number of hydrogen-bond acceptors (Lipinski definition) is 2. The van der Waals surface area contributed by atoms with Gasteiger partial charge in [-0.05, 0) is 30.0 Å². The summed E-state index contributed by atoms with van der Waals surface area (Å²) in [7, 11) is 3.60. The first-order chi connectivity index (χ1) is 8.90. The average Bonchev–Trinajstić information content (AvgIpc) is 2.33. The van der Waals surface area contributed by atoms with Gasteiger partial charge in [0.1, 0.15) is 0 Å². The largest absolute Gasteiger partial charge is 0.347 e. The number of benzene rings is 1. The van der Waals surface area contributed by atoms with E-state index in [2.05, 4.69) is 47.2 Å². The fourth-order valence-electron chi connectivity index (χ4n) is 1.94. The van der Waals surface area contributed by atoms with Crippen molar-refractivity contribution in [3.63, 3.8) is 0 Å². The van der Waals surface area contributed by atoms with Crippen LogP contribution in [0.15, 0.2) is 28.7 Å². The SMILES string of the molecule is CC(C)CC(NCc1cccc(Br)c1)C(=O)N(C)C. The predicted octanol–water partition coefficient (Wildman–Crippen LogP) is 3.04. The number of halogens is 1. The molecule has 0 saturated carbocycles. The van der Waals surface area contributed by atoms with Crippen LogP contribution in [0.25, 0.3) is 0 Å². The van der Waals surface area contributed by atoms with Crippen molar-refractivity contribution in [3.05, 3.63) is 34.3 Å². The summed E-state index contributed by atoms with van der Waals surface area (Å²) in [6, 6.07) is 8.02. The molecule has 0 aromatic heterocycles. The molecular formula is C15H23BrN2O. The highest BCUT2D eigenvalue weighted by Gasteiger charge is 2.20. The molecule has 1 amide bonds. The van der Waals surface area contributed by atoms with Crippen LogP contribution in [0.4, 0.5) is 0 Å². The first kappa shape index (κ1) is 16.2. The Hall–Kier alpha value is -0.870. The number of carbonyl (C=O) groups excluding carboxylic acids is 1. The maximum absolute atomic E-state index is 12.1. The van der Waals surface area contributed by atoms with Crippen LogP contribution in [-0.4, -0.2) is 30.9 Å². The molecule has 19 heavy (non-hydrogen) atoms. The number of carbonyl (C=O) groups is 1. The van der Waals surface area contributed by atoms with Crippen LogP contribution < -0.4 is 5.32 Å². The number of amides is 1. The first-order valence-corrected chi connectivity index (χ1v) is 7.38. The molecule has 0 fully saturated rings. The maximum Gasteiger partial charge on any atom is 0.239 e. The van der Waals surface area contributed by atoms with Crippen molar-refractivity contribution in [2.75, 3.05) is 14.1 Å². The van der Waals surface area contributed by atoms with Gasteiger partial charge in [0, 0.05) is 25.1 Å². The summed E-state index contributed by atoms with van der Waals surface area (Å²) >= 11 is 3.46. The maximum atomic E-state index is 12.1. The second kappa shape index (κ2) is 7.65. The molecule has 1 unspecified atom stereocenters. The van der Waals surface area contributed by atoms with Gasteiger partial charge >= 0.3 is 0 Å². The second-order valence-electron chi connectivity index (χ2n) is 5.43. The number of likely N-dealkylation sites (N-methyl/N-ethyl adjacent to an activating group) is 1. The van der Waals surface area contributed by atoms with Crippen molar-refractivity contribution >= 4 is 21.8 Å². The van der Waals surface area contributed by atoms with Crippen molar-refractivity contribution < 1.29 is 4.79 Å². The monoisotopic (exact) mass is 326 g/mol. The van der Waals surface area contributed by atoms with Gasteiger partial charge < -0.3 is 10.2 Å². The molecule has 1 aromatic rings. The van der Waals surface area contributed by atoms with Gasteiger partial charge in [0.25, 0.3) is 0 Å². The molecule has 4 heteroatoms. The van der Waals surface area contributed by atoms with Crippen LogP contribution in [0.3, 0.4) is 0 Å². The van der Waals surface area contributed by atoms with Crippen molar-refractivity contribution in [1.82, 2.24) is 10.2 Å². The predicted molar refractivity (Wildman–Crippen MR) is 82.9 cm³/mol. The molecule has 0 aliphatic heterocycles. The molecule has 3 nitrogen and oxygen atoms in total. The third-order valence-electron chi connectivity index (χ3n) is 2.89. The van der Waals surface area contributed by atoms with E-state index in [1.807, 2.05) is 12.1 Å². The normalized spacial score (nSPS) is 12.5. The molecule has 0 aliphatic rings. The third-order valence-corrected chi connectivity index (χ3v) is 3.38. The fraction of sp³-hybridized carbons (Fsp3) is 0.533. The molecule has 1 aromatic carbocycles. The van der Waals surface area contributed by atoms with Crippen LogP contribution in [0, 0.1) is 5.92 Å². The number of nitrogens with one attached hydrogen (secondary N) is 1. The highest BCUT2D eigenvalue weighted by molar-refractivity contribution is 9.10. The number of hydrogen-bond donors (Lipinski definition) is 1. The van der Waals surface area contributed by atoms with E-state index < -0.39 is 0 Å². The lowest BCUT2D eigenvalue weighted by Crippen LogP contribution is -2.44. The highest BCUT2D eigenvalue weighted by Crippen LogP contribution is 2.13. The molecule has 0 spiro atoms. The summed E-state index contributed by atoms with van der Waals surface area (Å²) in [6.45, 7) is 4.98. The minimum Gasteiger partial charge on any atom is -0.347 e. The van der Waals surface area contributed by atoms with Crippen molar-refractivity contribution in [1.29, 1.82) is 0 Å². The molecular weight excluding hydrogens is 304 g/mol. The first-order valence-electron chi connectivity index (χ1n) is 6.59. The zero-order valence-corrected chi connectivity index (χ0v) is 13.7. The average molecular weight is 327 g/mol. The highest BCUT2D eigenvalue weighted by atomic mass is 79.9. The Balaban J connectivity index is 2.65. The molecule has 106 valence electrons. The molecule has 0 radical (unpaired) electrons. The summed E-state index contributed by atoms with van der Waals surface area (Å²) in [4.78, 5) is 13.8. The van der Waals surface area contributed by atoms with Gasteiger partial charge in [0.2, 0.25) is 5.91 Å². The van der Waals surface area contributed by atoms with Crippen LogP contribution in [0.5, 0.6) is 0 Å². The smallest absolute Gasteiger partial charge is 0.239 e. The summed E-state index contributed by atoms with van der Waals surface area (Å²) in [5, 5.41) is 3.36. The van der Waals surface area contributed by atoms with E-state index in [4.69, 9.17) is 0 Å². The molecule has 1 rings (SSSR count). The molecule has 1 atom stereocenters. The van der Waals surface area contributed by atoms with Crippen molar-refractivity contribution in [2.24, 2.45) is 5.92 Å². The lowest BCUT2D eigenvalue weighted by Gasteiger charge is -2.23. The van der Waals surface area contributed by atoms with Gasteiger partial charge in [-0.25, -0.2) is 0 Å². The second-order valence-corrected chi connectivity index (χ2v) is 6.34. The van der Waals surface area contributed by atoms with E-state index in [9.17, 15) is 4.79 Å². The topological polar surface area (TPSA) is 32.3 Å². The summed E-state index contributed by atoms with van der Waals surface area (Å²) in [5.74, 6) is 0.632. The zero-order chi connectivity index (χ0) is 14.4. The van der Waals surface area contributed by atoms with Crippen molar-refractivity contribution in [2.45, 2.75) is 32.9 Å². The van der Waals surface area contributed by atoms with Gasteiger partial charge in [-0.1, -0.05) is 41.9 Å². The van der Waals surface area contributed by atoms with Gasteiger partial charge in [0.05, 0.1) is 6.04 Å². The molecule has 1 N–H and O–H groups in total. The Morgan fingerprint density at radius 2 is 2.05 bits per heavy atom. The fourth-order valence-corrected chi connectivity index (χ4v) is 2.39. The Bertz CT molecular complexity index is 418. The van der Waals surface area contributed by atoms with Crippen LogP contribution in [-0.2, 0) is 11.3 Å². The van der Waals surface area contributed by atoms with Gasteiger partial charge in [-0.15, -0.1) is 0 Å². The van der Waals surface area contributed by atoms with Crippen molar-refractivity contribution in [3.8, 4) is 0 Å². The summed E-state index contributed by atoms with van der Waals surface area (Å²) < 4.78 is 1.06. The van der Waals surface area contributed by atoms with Crippen LogP contribution >= 0.6 is 15.9 Å². The Labute approximate surface area is 124 Å². The van der Waals surface area contributed by atoms with Gasteiger partial charge in [-0.3, -0.25) is 4.79 Å². The summed E-state index contributed by atoms with van der Waals surface area (Å²) in [6.07, 6.45) is 0.852. The van der Waals surface area contributed by atoms with E-state index >= 15 is 0 Å². The van der Waals surface area contributed by atoms with E-state index in [1.165, 1.54) is 5.56 Å². The molecule has 0 aliphatic carbocycles. The van der Waals surface area contributed by atoms with E-state index in [1.54, 1.807) is 19.0 Å². The quantitative estimate of drug-likeness (QED) is 0.871. The molecule has 0 heterocycles. The number of rotatable bonds is 6. The van der Waals surface area contributed by atoms with Crippen LogP contribution in [0.2, 0.25) is 0 Å².